The lowest BCUT2D eigenvalue weighted by Crippen LogP contribution is -2.38. The van der Waals surface area contributed by atoms with Crippen LogP contribution in [0.15, 0.2) is 90.6 Å². The monoisotopic (exact) mass is 645 g/mol. The Hall–Kier alpha value is -4.69. The summed E-state index contributed by atoms with van der Waals surface area (Å²) in [5.41, 5.74) is 9.38. The summed E-state index contributed by atoms with van der Waals surface area (Å²) in [6.45, 7) is 6.48. The number of nitrogens with zero attached hydrogens (tertiary/aromatic N) is 3. The first-order valence-electron chi connectivity index (χ1n) is 17.4. The number of fused-ring (bicyclic) bond motifs is 2. The highest BCUT2D eigenvalue weighted by Crippen LogP contribution is 2.45. The van der Waals surface area contributed by atoms with E-state index in [-0.39, 0.29) is 18.6 Å². The third-order valence-corrected chi connectivity index (χ3v) is 9.03. The van der Waals surface area contributed by atoms with Gasteiger partial charge in [-0.2, -0.15) is 0 Å². The van der Waals surface area contributed by atoms with Crippen LogP contribution in [0.5, 0.6) is 11.5 Å². The van der Waals surface area contributed by atoms with Gasteiger partial charge in [0.1, 0.15) is 23.8 Å². The van der Waals surface area contributed by atoms with Gasteiger partial charge in [-0.1, -0.05) is 92.2 Å². The van der Waals surface area contributed by atoms with Crippen LogP contribution in [0.3, 0.4) is 0 Å². The molecule has 0 aliphatic heterocycles. The van der Waals surface area contributed by atoms with Crippen LogP contribution in [0.1, 0.15) is 64.5 Å². The molecule has 8 nitrogen and oxygen atoms in total. The predicted octanol–water partition coefficient (Wildman–Crippen LogP) is 7.98. The number of hydrogen-bond acceptors (Lipinski definition) is 6. The van der Waals surface area contributed by atoms with E-state index in [0.29, 0.717) is 31.3 Å². The molecule has 6 rings (SSSR count). The van der Waals surface area contributed by atoms with E-state index in [1.54, 1.807) is 0 Å². The normalized spacial score (nSPS) is 13.6. The Morgan fingerprint density at radius 2 is 1.58 bits per heavy atom. The molecular formula is C40H47N5O3. The minimum absolute atomic E-state index is 0.0266. The average Bonchev–Trinajstić information content (AvgIpc) is 3.80. The molecule has 8 heteroatoms. The van der Waals surface area contributed by atoms with Gasteiger partial charge in [0.05, 0.1) is 19.3 Å². The Kier molecular flexibility index (Phi) is 11.0. The van der Waals surface area contributed by atoms with E-state index in [4.69, 9.17) is 15.2 Å². The van der Waals surface area contributed by atoms with Crippen LogP contribution in [-0.2, 0) is 17.9 Å². The number of carbonyl (C=O) groups excluding carboxylic acids is 1. The minimum Gasteiger partial charge on any atom is -0.493 e. The summed E-state index contributed by atoms with van der Waals surface area (Å²) in [6.07, 6.45) is 10.5. The van der Waals surface area contributed by atoms with Gasteiger partial charge in [0.15, 0.2) is 0 Å². The van der Waals surface area contributed by atoms with E-state index in [1.807, 2.05) is 16.9 Å². The molecule has 1 aliphatic carbocycles. The van der Waals surface area contributed by atoms with Gasteiger partial charge in [0.2, 0.25) is 5.91 Å². The molecule has 0 saturated carbocycles. The maximum absolute atomic E-state index is 12.9. The Morgan fingerprint density at radius 3 is 2.23 bits per heavy atom. The number of allylic oxidation sites excluding steroid dienone is 1. The molecule has 0 spiro atoms. The third kappa shape index (κ3) is 8.05. The highest BCUT2D eigenvalue weighted by atomic mass is 16.5. The van der Waals surface area contributed by atoms with Crippen molar-refractivity contribution < 1.29 is 14.3 Å². The van der Waals surface area contributed by atoms with E-state index in [1.165, 1.54) is 0 Å². The van der Waals surface area contributed by atoms with Crippen LogP contribution >= 0.6 is 0 Å². The molecule has 0 bridgehead atoms. The first-order chi connectivity index (χ1) is 23.5. The Labute approximate surface area is 283 Å². The van der Waals surface area contributed by atoms with Gasteiger partial charge < -0.3 is 20.5 Å². The molecule has 1 amide bonds. The number of benzene rings is 4. The molecule has 0 radical (unpaired) electrons. The second kappa shape index (κ2) is 15.9. The zero-order valence-corrected chi connectivity index (χ0v) is 28.2. The standard InChI is InChI=1S/C40H47N5O3/c1-28(2)22-24-47-36-20-18-29-11-5-7-16-34(29)38(36)39-35-17-8-6-12-30(35)19-21-37(39)48-27-33-26-45(44-43-33)25-32(15-9-10-23-41)42-40(46)31-13-3-4-14-31/h5-8,11-13,16-21,26,28,32H,3-4,9-10,14-15,22-25,27,41H2,1-2H3,(H,42,46)/t32-/m1/s1. The van der Waals surface area contributed by atoms with Crippen molar-refractivity contribution in [1.29, 1.82) is 0 Å². The van der Waals surface area contributed by atoms with E-state index in [2.05, 4.69) is 102 Å². The molecule has 48 heavy (non-hydrogen) atoms. The molecule has 0 unspecified atom stereocenters. The van der Waals surface area contributed by atoms with Gasteiger partial charge in [0.25, 0.3) is 0 Å². The summed E-state index contributed by atoms with van der Waals surface area (Å²) in [7, 11) is 0. The summed E-state index contributed by atoms with van der Waals surface area (Å²) >= 11 is 0. The molecule has 5 aromatic rings. The molecule has 3 N–H and O–H groups in total. The minimum atomic E-state index is -0.0615. The SMILES string of the molecule is CC(C)CCOc1ccc2ccccc2c1-c1c(OCc2cn(C[C@@H](CCCCN)NC(=O)C3=CCCC3)nn2)ccc2ccccc12. The van der Waals surface area contributed by atoms with Crippen LogP contribution in [0.4, 0.5) is 0 Å². The van der Waals surface area contributed by atoms with Gasteiger partial charge in [-0.3, -0.25) is 9.48 Å². The lowest BCUT2D eigenvalue weighted by atomic mass is 9.92. The third-order valence-electron chi connectivity index (χ3n) is 9.03. The van der Waals surface area contributed by atoms with Crippen molar-refractivity contribution in [2.75, 3.05) is 13.2 Å². The van der Waals surface area contributed by atoms with E-state index >= 15 is 0 Å². The Balaban J connectivity index is 1.27. The zero-order chi connectivity index (χ0) is 33.3. The van der Waals surface area contributed by atoms with Gasteiger partial charge in [-0.05, 0) is 84.7 Å². The van der Waals surface area contributed by atoms with Crippen molar-refractivity contribution >= 4 is 27.5 Å². The van der Waals surface area contributed by atoms with Crippen molar-refractivity contribution in [3.8, 4) is 22.6 Å². The van der Waals surface area contributed by atoms with Gasteiger partial charge in [-0.25, -0.2) is 0 Å². The van der Waals surface area contributed by atoms with Gasteiger partial charge in [0, 0.05) is 22.7 Å². The maximum Gasteiger partial charge on any atom is 0.247 e. The number of aromatic nitrogens is 3. The molecule has 4 aromatic carbocycles. The van der Waals surface area contributed by atoms with Crippen molar-refractivity contribution in [2.45, 2.75) is 78.0 Å². The predicted molar refractivity (Wildman–Crippen MR) is 193 cm³/mol. The molecule has 1 aliphatic rings. The maximum atomic E-state index is 12.9. The number of hydrogen-bond donors (Lipinski definition) is 2. The van der Waals surface area contributed by atoms with Crippen molar-refractivity contribution in [1.82, 2.24) is 20.3 Å². The van der Waals surface area contributed by atoms with Crippen LogP contribution in [0.2, 0.25) is 0 Å². The quantitative estimate of drug-likeness (QED) is 0.106. The first kappa shape index (κ1) is 33.2. The molecule has 250 valence electrons. The van der Waals surface area contributed by atoms with E-state index in [9.17, 15) is 4.79 Å². The summed E-state index contributed by atoms with van der Waals surface area (Å²) in [4.78, 5) is 12.9. The van der Waals surface area contributed by atoms with Crippen molar-refractivity contribution in [3.63, 3.8) is 0 Å². The molecule has 1 atom stereocenters. The van der Waals surface area contributed by atoms with Gasteiger partial charge in [-0.15, -0.1) is 5.10 Å². The zero-order valence-electron chi connectivity index (χ0n) is 28.2. The number of rotatable bonds is 16. The average molecular weight is 646 g/mol. The summed E-state index contributed by atoms with van der Waals surface area (Å²) < 4.78 is 14.9. The Morgan fingerprint density at radius 1 is 0.896 bits per heavy atom. The number of nitrogens with two attached hydrogens (primary N) is 1. The lowest BCUT2D eigenvalue weighted by Gasteiger charge is -2.20. The second-order valence-corrected chi connectivity index (χ2v) is 13.1. The lowest BCUT2D eigenvalue weighted by molar-refractivity contribution is -0.118. The highest BCUT2D eigenvalue weighted by Gasteiger charge is 2.21. The molecule has 1 aromatic heterocycles. The largest absolute Gasteiger partial charge is 0.493 e. The second-order valence-electron chi connectivity index (χ2n) is 13.1. The topological polar surface area (TPSA) is 104 Å². The van der Waals surface area contributed by atoms with Crippen molar-refractivity contribution in [3.05, 3.63) is 96.3 Å². The summed E-state index contributed by atoms with van der Waals surface area (Å²) in [6, 6.07) is 25.1. The summed E-state index contributed by atoms with van der Waals surface area (Å²) in [5.74, 6) is 2.17. The number of carbonyl (C=O) groups is 1. The Bertz CT molecular complexity index is 1880. The highest BCUT2D eigenvalue weighted by molar-refractivity contribution is 6.09. The fourth-order valence-electron chi connectivity index (χ4n) is 6.43. The number of nitrogens with one attached hydrogen (secondary N) is 1. The fraction of sp³-hybridized carbons (Fsp3) is 0.375. The molecule has 0 fully saturated rings. The molecule has 1 heterocycles. The number of ether oxygens (including phenoxy) is 2. The van der Waals surface area contributed by atoms with Crippen LogP contribution in [0, 0.1) is 5.92 Å². The van der Waals surface area contributed by atoms with E-state index in [0.717, 1.165) is 94.7 Å². The fourth-order valence-corrected chi connectivity index (χ4v) is 6.43. The summed E-state index contributed by atoms with van der Waals surface area (Å²) in [5, 5.41) is 16.6. The van der Waals surface area contributed by atoms with Crippen LogP contribution in [-0.4, -0.2) is 40.1 Å². The number of amides is 1. The van der Waals surface area contributed by atoms with Gasteiger partial charge >= 0.3 is 0 Å². The first-order valence-corrected chi connectivity index (χ1v) is 17.4. The van der Waals surface area contributed by atoms with E-state index < -0.39 is 0 Å². The smallest absolute Gasteiger partial charge is 0.247 e. The van der Waals surface area contributed by atoms with Crippen LogP contribution < -0.4 is 20.5 Å². The molecular weight excluding hydrogens is 598 g/mol. The number of unbranched alkanes of at least 4 members (excludes halogenated alkanes) is 1. The molecule has 0 saturated heterocycles. The van der Waals surface area contributed by atoms with Crippen molar-refractivity contribution in [2.24, 2.45) is 11.7 Å². The van der Waals surface area contributed by atoms with Crippen LogP contribution in [0.25, 0.3) is 32.7 Å².